The fourth-order valence-corrected chi connectivity index (χ4v) is 8.93. The Kier molecular flexibility index (Phi) is 57.8. The molecule has 3 atom stereocenters. The molecule has 0 aromatic heterocycles. The molecule has 0 aliphatic carbocycles. The van der Waals surface area contributed by atoms with Crippen LogP contribution >= 0.6 is 7.82 Å². The van der Waals surface area contributed by atoms with E-state index in [1.807, 2.05) is 6.08 Å². The number of unbranched alkanes of at least 4 members (excludes halogenated alkanes) is 20. The van der Waals surface area contributed by atoms with Gasteiger partial charge in [0.2, 0.25) is 0 Å². The SMILES string of the molecule is CC/C=C\C/C=C\C/C=C\C/C=C\C/C=C\CCCC(=O)OCC(COP(=O)(O)OCC(CO)OC(=O)CCCCCC/C=C\C/C=C\C/C=C\C/C=C\CC)OC(=O)CCCCCCCCCCC/C=C\CCCCCCCC. The van der Waals surface area contributed by atoms with Crippen LogP contribution < -0.4 is 0 Å². The highest BCUT2D eigenvalue weighted by Crippen LogP contribution is 2.43. The van der Waals surface area contributed by atoms with Crippen LogP contribution in [-0.2, 0) is 42.2 Å². The molecule has 80 heavy (non-hydrogen) atoms. The van der Waals surface area contributed by atoms with E-state index < -0.39 is 57.8 Å². The molecular formula is C68H113O11P. The summed E-state index contributed by atoms with van der Waals surface area (Å²) in [5.41, 5.74) is 0. The highest BCUT2D eigenvalue weighted by atomic mass is 31.2. The predicted molar refractivity (Wildman–Crippen MR) is 334 cm³/mol. The van der Waals surface area contributed by atoms with Gasteiger partial charge >= 0.3 is 25.7 Å². The molecular weight excluding hydrogens is 1020 g/mol. The third-order valence-electron chi connectivity index (χ3n) is 12.8. The van der Waals surface area contributed by atoms with Crippen molar-refractivity contribution >= 4 is 25.7 Å². The minimum absolute atomic E-state index is 0.140. The smallest absolute Gasteiger partial charge is 0.462 e. The van der Waals surface area contributed by atoms with Crippen LogP contribution in [0.4, 0.5) is 0 Å². The zero-order valence-corrected chi connectivity index (χ0v) is 51.4. The molecule has 3 unspecified atom stereocenters. The molecule has 456 valence electrons. The molecule has 12 heteroatoms. The highest BCUT2D eigenvalue weighted by Gasteiger charge is 2.28. The first-order chi connectivity index (χ1) is 39.2. The van der Waals surface area contributed by atoms with E-state index in [4.69, 9.17) is 23.3 Å². The molecule has 11 nitrogen and oxygen atoms in total. The monoisotopic (exact) mass is 1140 g/mol. The number of aliphatic hydroxyl groups is 1. The van der Waals surface area contributed by atoms with Crippen LogP contribution in [0.3, 0.4) is 0 Å². The number of rotatable bonds is 57. The minimum Gasteiger partial charge on any atom is -0.462 e. The maximum absolute atomic E-state index is 13.0. The zero-order chi connectivity index (χ0) is 58.3. The molecule has 0 saturated carbocycles. The Balaban J connectivity index is 4.81. The minimum atomic E-state index is -4.78. The average Bonchev–Trinajstić information content (AvgIpc) is 3.45. The van der Waals surface area contributed by atoms with Gasteiger partial charge < -0.3 is 24.2 Å². The van der Waals surface area contributed by atoms with Gasteiger partial charge in [0.25, 0.3) is 0 Å². The number of allylic oxidation sites excluding steroid dienone is 20. The summed E-state index contributed by atoms with van der Waals surface area (Å²) in [6.07, 6.45) is 75.9. The second-order valence-electron chi connectivity index (χ2n) is 20.5. The number of hydrogen-bond acceptors (Lipinski definition) is 10. The maximum Gasteiger partial charge on any atom is 0.472 e. The molecule has 0 fully saturated rings. The van der Waals surface area contributed by atoms with Crippen LogP contribution in [-0.4, -0.2) is 66.5 Å². The van der Waals surface area contributed by atoms with E-state index in [0.717, 1.165) is 103 Å². The van der Waals surface area contributed by atoms with Crippen molar-refractivity contribution in [2.24, 2.45) is 0 Å². The van der Waals surface area contributed by atoms with Crippen LogP contribution in [0, 0.1) is 0 Å². The first kappa shape index (κ1) is 75.9. The number of hydrogen-bond donors (Lipinski definition) is 2. The van der Waals surface area contributed by atoms with Gasteiger partial charge in [0, 0.05) is 19.3 Å². The normalized spacial score (nSPS) is 14.1. The van der Waals surface area contributed by atoms with Crippen molar-refractivity contribution in [2.75, 3.05) is 26.4 Å². The van der Waals surface area contributed by atoms with E-state index in [1.165, 1.54) is 83.5 Å². The molecule has 0 aliphatic heterocycles. The van der Waals surface area contributed by atoms with Crippen molar-refractivity contribution in [3.8, 4) is 0 Å². The van der Waals surface area contributed by atoms with Crippen molar-refractivity contribution < 1.29 is 52.2 Å². The fourth-order valence-electron chi connectivity index (χ4n) is 8.14. The van der Waals surface area contributed by atoms with Gasteiger partial charge in [0.05, 0.1) is 19.8 Å². The summed E-state index contributed by atoms with van der Waals surface area (Å²) in [6, 6.07) is 0. The van der Waals surface area contributed by atoms with Gasteiger partial charge in [-0.1, -0.05) is 232 Å². The van der Waals surface area contributed by atoms with Gasteiger partial charge in [-0.05, 0) is 122 Å². The van der Waals surface area contributed by atoms with Crippen molar-refractivity contribution in [1.82, 2.24) is 0 Å². The Bertz CT molecular complexity index is 1800. The standard InChI is InChI=1S/C68H113O11P/c1-4-7-10-13-16-19-22-25-28-31-32-35-38-41-44-47-50-53-56-59-68(72)79-65(61-75-66(70)57-54-51-48-45-42-39-36-33-29-26-23-20-17-14-11-8-5-2)63-77-80(73,74)76-62-64(60-69)78-67(71)58-55-52-49-46-43-40-37-34-30-27-24-21-18-15-12-9-6-3/h8-9,11-12,17-18,20-21,25-30,36-37,39-40,45,48,64-65,69H,4-7,10,13-16,19,22-24,31-35,38,41-44,46-47,49-63H2,1-3H3,(H,73,74)/b11-8-,12-9-,20-17-,21-18-,28-25-,29-26-,30-27-,39-36-,40-37-,48-45-. The number of ether oxygens (including phenoxy) is 3. The molecule has 0 spiro atoms. The number of phosphoric ester groups is 1. The molecule has 0 rings (SSSR count). The van der Waals surface area contributed by atoms with Crippen LogP contribution in [0.1, 0.15) is 252 Å². The first-order valence-electron chi connectivity index (χ1n) is 31.4. The average molecular weight is 1140 g/mol. The third-order valence-corrected chi connectivity index (χ3v) is 13.8. The molecule has 0 bridgehead atoms. The summed E-state index contributed by atoms with van der Waals surface area (Å²) < 4.78 is 39.6. The van der Waals surface area contributed by atoms with E-state index in [9.17, 15) is 28.9 Å². The Morgan fingerprint density at radius 3 is 1.05 bits per heavy atom. The van der Waals surface area contributed by atoms with Crippen LogP contribution in [0.15, 0.2) is 122 Å². The Morgan fingerprint density at radius 1 is 0.362 bits per heavy atom. The molecule has 0 aromatic rings. The number of carbonyl (C=O) groups is 3. The second kappa shape index (κ2) is 61.0. The number of carbonyl (C=O) groups excluding carboxylic acids is 3. The van der Waals surface area contributed by atoms with Gasteiger partial charge in [0.15, 0.2) is 6.10 Å². The summed E-state index contributed by atoms with van der Waals surface area (Å²) in [5, 5.41) is 9.84. The zero-order valence-electron chi connectivity index (χ0n) is 50.5. The molecule has 0 amide bonds. The lowest BCUT2D eigenvalue weighted by Crippen LogP contribution is -2.30. The fraction of sp³-hybridized carbons (Fsp3) is 0.662. The molecule has 0 radical (unpaired) electrons. The second-order valence-corrected chi connectivity index (χ2v) is 21.9. The number of esters is 3. The van der Waals surface area contributed by atoms with E-state index in [-0.39, 0.29) is 25.9 Å². The Labute approximate surface area is 487 Å². The van der Waals surface area contributed by atoms with Crippen LogP contribution in [0.25, 0.3) is 0 Å². The lowest BCUT2D eigenvalue weighted by molar-refractivity contribution is -0.161. The Hall–Kier alpha value is -4.12. The van der Waals surface area contributed by atoms with Gasteiger partial charge in [-0.3, -0.25) is 23.4 Å². The third kappa shape index (κ3) is 58.5. The lowest BCUT2D eigenvalue weighted by Gasteiger charge is -2.21. The van der Waals surface area contributed by atoms with E-state index in [0.29, 0.717) is 25.7 Å². The van der Waals surface area contributed by atoms with E-state index in [1.54, 1.807) is 0 Å². The number of phosphoric acid groups is 1. The molecule has 0 saturated heterocycles. The quantitative estimate of drug-likeness (QED) is 0.0197. The summed E-state index contributed by atoms with van der Waals surface area (Å²) in [6.45, 7) is 4.33. The topological polar surface area (TPSA) is 155 Å². The van der Waals surface area contributed by atoms with Crippen LogP contribution in [0.2, 0.25) is 0 Å². The first-order valence-corrected chi connectivity index (χ1v) is 32.9. The van der Waals surface area contributed by atoms with Crippen molar-refractivity contribution in [2.45, 2.75) is 264 Å². The highest BCUT2D eigenvalue weighted by molar-refractivity contribution is 7.47. The summed E-state index contributed by atoms with van der Waals surface area (Å²) in [4.78, 5) is 48.7. The van der Waals surface area contributed by atoms with Gasteiger partial charge in [0.1, 0.15) is 12.7 Å². The van der Waals surface area contributed by atoms with Gasteiger partial charge in [-0.2, -0.15) is 0 Å². The number of aliphatic hydroxyl groups excluding tert-OH is 1. The predicted octanol–water partition coefficient (Wildman–Crippen LogP) is 19.1. The van der Waals surface area contributed by atoms with Crippen LogP contribution in [0.5, 0.6) is 0 Å². The molecule has 0 aromatic carbocycles. The summed E-state index contributed by atoms with van der Waals surface area (Å²) in [5.74, 6) is -1.57. The van der Waals surface area contributed by atoms with E-state index in [2.05, 4.69) is 136 Å². The van der Waals surface area contributed by atoms with Gasteiger partial charge in [-0.25, -0.2) is 4.57 Å². The molecule has 2 N–H and O–H groups in total. The van der Waals surface area contributed by atoms with Gasteiger partial charge in [-0.15, -0.1) is 0 Å². The largest absolute Gasteiger partial charge is 0.472 e. The van der Waals surface area contributed by atoms with Crippen molar-refractivity contribution in [1.29, 1.82) is 0 Å². The van der Waals surface area contributed by atoms with E-state index >= 15 is 0 Å². The summed E-state index contributed by atoms with van der Waals surface area (Å²) in [7, 11) is -4.78. The van der Waals surface area contributed by atoms with Crippen molar-refractivity contribution in [3.63, 3.8) is 0 Å². The molecule has 0 heterocycles. The lowest BCUT2D eigenvalue weighted by atomic mass is 10.1. The molecule has 0 aliphatic rings. The Morgan fingerprint density at radius 2 is 0.662 bits per heavy atom. The van der Waals surface area contributed by atoms with Crippen molar-refractivity contribution in [3.05, 3.63) is 122 Å². The maximum atomic E-state index is 13.0. The summed E-state index contributed by atoms with van der Waals surface area (Å²) >= 11 is 0.